The highest BCUT2D eigenvalue weighted by molar-refractivity contribution is 5.34. The van der Waals surface area contributed by atoms with Gasteiger partial charge >= 0.3 is 0 Å². The molecule has 0 heterocycles. The number of hydrogen-bond donors (Lipinski definition) is 0. The van der Waals surface area contributed by atoms with Crippen molar-refractivity contribution in [2.45, 2.75) is 58.9 Å². The van der Waals surface area contributed by atoms with Crippen LogP contribution in [0.25, 0.3) is 0 Å². The van der Waals surface area contributed by atoms with Crippen molar-refractivity contribution in [1.29, 1.82) is 0 Å². The Morgan fingerprint density at radius 2 is 1.79 bits per heavy atom. The molecular weight excluding hydrogens is 174 g/mol. The summed E-state index contributed by atoms with van der Waals surface area (Å²) < 4.78 is 0. The third kappa shape index (κ3) is 2.68. The van der Waals surface area contributed by atoms with Crippen LogP contribution in [0.4, 0.5) is 0 Å². The van der Waals surface area contributed by atoms with E-state index in [1.165, 1.54) is 25.7 Å². The molecule has 0 N–H and O–H groups in total. The minimum atomic E-state index is -0.210. The fourth-order valence-electron chi connectivity index (χ4n) is 2.31. The molecule has 0 amide bonds. The van der Waals surface area contributed by atoms with Crippen molar-refractivity contribution in [3.05, 3.63) is 0 Å². The maximum atomic E-state index is 10.3. The summed E-state index contributed by atoms with van der Waals surface area (Å²) in [5.41, 5.74) is 0.274. The summed E-state index contributed by atoms with van der Waals surface area (Å²) in [4.78, 5) is 14.2. The highest BCUT2D eigenvalue weighted by atomic mass is 16.1. The average Bonchev–Trinajstić information content (AvgIpc) is 2.03. The van der Waals surface area contributed by atoms with Crippen molar-refractivity contribution in [3.63, 3.8) is 0 Å². The Morgan fingerprint density at radius 1 is 1.29 bits per heavy atom. The van der Waals surface area contributed by atoms with Gasteiger partial charge in [0.25, 0.3) is 0 Å². The van der Waals surface area contributed by atoms with Gasteiger partial charge in [0.15, 0.2) is 0 Å². The van der Waals surface area contributed by atoms with Gasteiger partial charge in [0, 0.05) is 0 Å². The highest BCUT2D eigenvalue weighted by Gasteiger charge is 2.35. The lowest BCUT2D eigenvalue weighted by Crippen LogP contribution is -2.34. The van der Waals surface area contributed by atoms with Crippen LogP contribution in [0.5, 0.6) is 0 Å². The van der Waals surface area contributed by atoms with Crippen LogP contribution in [0.3, 0.4) is 0 Å². The maximum absolute atomic E-state index is 10.3. The molecule has 0 aromatic rings. The Labute approximate surface area is 86.8 Å². The molecule has 80 valence electrons. The van der Waals surface area contributed by atoms with E-state index >= 15 is 0 Å². The van der Waals surface area contributed by atoms with E-state index in [2.05, 4.69) is 18.8 Å². The van der Waals surface area contributed by atoms with Crippen LogP contribution in [-0.2, 0) is 4.79 Å². The molecule has 0 spiro atoms. The second-order valence-corrected chi connectivity index (χ2v) is 5.80. The number of hydrogen-bond acceptors (Lipinski definition) is 2. The van der Waals surface area contributed by atoms with Gasteiger partial charge in [-0.2, -0.15) is 4.99 Å². The molecular formula is C12H21NO. The molecule has 0 saturated heterocycles. The number of rotatable bonds is 2. The molecule has 1 saturated carbocycles. The summed E-state index contributed by atoms with van der Waals surface area (Å²) in [7, 11) is 0. The van der Waals surface area contributed by atoms with E-state index in [0.717, 1.165) is 0 Å². The van der Waals surface area contributed by atoms with Gasteiger partial charge in [0.1, 0.15) is 0 Å². The topological polar surface area (TPSA) is 29.4 Å². The fraction of sp³-hybridized carbons (Fsp3) is 0.917. The summed E-state index contributed by atoms with van der Waals surface area (Å²) in [5, 5.41) is 0. The van der Waals surface area contributed by atoms with Crippen LogP contribution < -0.4 is 0 Å². The zero-order chi connectivity index (χ0) is 10.8. The van der Waals surface area contributed by atoms with Gasteiger partial charge in [0.2, 0.25) is 6.08 Å². The molecule has 1 aliphatic carbocycles. The minimum Gasteiger partial charge on any atom is -0.211 e. The lowest BCUT2D eigenvalue weighted by atomic mass is 9.68. The maximum Gasteiger partial charge on any atom is 0.235 e. The van der Waals surface area contributed by atoms with E-state index in [9.17, 15) is 4.79 Å². The van der Waals surface area contributed by atoms with Crippen molar-refractivity contribution in [1.82, 2.24) is 0 Å². The first-order valence-electron chi connectivity index (χ1n) is 5.46. The van der Waals surface area contributed by atoms with Crippen LogP contribution in [-0.4, -0.2) is 11.6 Å². The van der Waals surface area contributed by atoms with E-state index in [4.69, 9.17) is 0 Å². The second kappa shape index (κ2) is 3.86. The van der Waals surface area contributed by atoms with Gasteiger partial charge in [0.05, 0.1) is 5.54 Å². The van der Waals surface area contributed by atoms with E-state index in [-0.39, 0.29) is 5.54 Å². The predicted molar refractivity (Wildman–Crippen MR) is 57.9 cm³/mol. The first-order valence-corrected chi connectivity index (χ1v) is 5.46. The molecule has 1 rings (SSSR count). The van der Waals surface area contributed by atoms with Crippen LogP contribution in [0.1, 0.15) is 53.4 Å². The lowest BCUT2D eigenvalue weighted by molar-refractivity contribution is 0.146. The van der Waals surface area contributed by atoms with Crippen molar-refractivity contribution in [2.24, 2.45) is 16.3 Å². The molecule has 14 heavy (non-hydrogen) atoms. The normalized spacial score (nSPS) is 22.9. The molecule has 0 radical (unpaired) electrons. The standard InChI is InChI=1S/C12H21NO/c1-11(2)7-5-10(6-8-11)12(3,4)13-9-14/h10H,5-8H2,1-4H3. The van der Waals surface area contributed by atoms with Gasteiger partial charge in [-0.3, -0.25) is 0 Å². The minimum absolute atomic E-state index is 0.210. The number of nitrogens with zero attached hydrogens (tertiary/aromatic N) is 1. The molecule has 0 aromatic carbocycles. The van der Waals surface area contributed by atoms with Gasteiger partial charge in [-0.1, -0.05) is 13.8 Å². The molecule has 0 unspecified atom stereocenters. The Hall–Kier alpha value is -0.620. The Kier molecular flexibility index (Phi) is 3.16. The zero-order valence-corrected chi connectivity index (χ0v) is 9.76. The quantitative estimate of drug-likeness (QED) is 0.491. The zero-order valence-electron chi connectivity index (χ0n) is 9.76. The van der Waals surface area contributed by atoms with Gasteiger partial charge < -0.3 is 0 Å². The molecule has 0 atom stereocenters. The molecule has 0 bridgehead atoms. The lowest BCUT2D eigenvalue weighted by Gasteiger charge is -2.39. The average molecular weight is 195 g/mol. The smallest absolute Gasteiger partial charge is 0.211 e. The third-order valence-corrected chi connectivity index (χ3v) is 3.67. The van der Waals surface area contributed by atoms with Gasteiger partial charge in [-0.05, 0) is 50.9 Å². The Balaban J connectivity index is 2.61. The summed E-state index contributed by atoms with van der Waals surface area (Å²) in [6.45, 7) is 8.72. The Morgan fingerprint density at radius 3 is 2.21 bits per heavy atom. The van der Waals surface area contributed by atoms with Crippen molar-refractivity contribution in [2.75, 3.05) is 0 Å². The molecule has 2 heteroatoms. The number of aliphatic imine (C=N–C) groups is 1. The van der Waals surface area contributed by atoms with Crippen LogP contribution in [0, 0.1) is 11.3 Å². The van der Waals surface area contributed by atoms with Crippen LogP contribution in [0.15, 0.2) is 4.99 Å². The first-order chi connectivity index (χ1) is 6.37. The SMILES string of the molecule is CC1(C)CCC(C(C)(C)N=C=O)CC1. The highest BCUT2D eigenvalue weighted by Crippen LogP contribution is 2.42. The monoisotopic (exact) mass is 195 g/mol. The summed E-state index contributed by atoms with van der Waals surface area (Å²) in [6.07, 6.45) is 6.56. The van der Waals surface area contributed by atoms with Crippen molar-refractivity contribution < 1.29 is 4.79 Å². The van der Waals surface area contributed by atoms with E-state index in [1.807, 2.05) is 13.8 Å². The third-order valence-electron chi connectivity index (χ3n) is 3.67. The Bertz CT molecular complexity index is 239. The predicted octanol–water partition coefficient (Wildman–Crippen LogP) is 3.32. The summed E-state index contributed by atoms with van der Waals surface area (Å²) in [6, 6.07) is 0. The van der Waals surface area contributed by atoms with E-state index in [1.54, 1.807) is 6.08 Å². The van der Waals surface area contributed by atoms with Crippen LogP contribution in [0.2, 0.25) is 0 Å². The van der Waals surface area contributed by atoms with Gasteiger partial charge in [-0.15, -0.1) is 0 Å². The molecule has 2 nitrogen and oxygen atoms in total. The second-order valence-electron chi connectivity index (χ2n) is 5.80. The molecule has 1 aliphatic rings. The first kappa shape index (κ1) is 11.5. The van der Waals surface area contributed by atoms with Crippen LogP contribution >= 0.6 is 0 Å². The van der Waals surface area contributed by atoms with E-state index < -0.39 is 0 Å². The number of carbonyl (C=O) groups excluding carboxylic acids is 1. The fourth-order valence-corrected chi connectivity index (χ4v) is 2.31. The van der Waals surface area contributed by atoms with Gasteiger partial charge in [-0.25, -0.2) is 4.79 Å². The van der Waals surface area contributed by atoms with Crippen molar-refractivity contribution >= 4 is 6.08 Å². The molecule has 1 fully saturated rings. The van der Waals surface area contributed by atoms with Crippen molar-refractivity contribution in [3.8, 4) is 0 Å². The molecule has 0 aromatic heterocycles. The largest absolute Gasteiger partial charge is 0.235 e. The molecule has 0 aliphatic heterocycles. The van der Waals surface area contributed by atoms with E-state index in [0.29, 0.717) is 11.3 Å². The number of isocyanates is 1. The summed E-state index contributed by atoms with van der Waals surface area (Å²) >= 11 is 0. The summed E-state index contributed by atoms with van der Waals surface area (Å²) in [5.74, 6) is 0.553.